The Hall–Kier alpha value is -2.24. The van der Waals surface area contributed by atoms with Gasteiger partial charge in [-0.2, -0.15) is 0 Å². The molecular weight excluding hydrogens is 282 g/mol. The average Bonchev–Trinajstić information content (AvgIpc) is 2.39. The molecule has 0 unspecified atom stereocenters. The molecule has 0 saturated heterocycles. The fourth-order valence-corrected chi connectivity index (χ4v) is 1.66. The third-order valence-corrected chi connectivity index (χ3v) is 3.36. The maximum absolute atomic E-state index is 10.9. The lowest BCUT2D eigenvalue weighted by atomic mass is 9.88. The predicted octanol–water partition coefficient (Wildman–Crippen LogP) is 3.60. The van der Waals surface area contributed by atoms with Gasteiger partial charge in [0.15, 0.2) is 5.82 Å². The number of benzene rings is 1. The van der Waals surface area contributed by atoms with E-state index in [2.05, 4.69) is 31.4 Å². The van der Waals surface area contributed by atoms with Crippen LogP contribution < -0.4 is 15.4 Å². The van der Waals surface area contributed by atoms with Crippen molar-refractivity contribution in [1.82, 2.24) is 5.32 Å². The van der Waals surface area contributed by atoms with Crippen molar-refractivity contribution >= 4 is 5.69 Å². The van der Waals surface area contributed by atoms with Crippen molar-refractivity contribution in [3.8, 4) is 5.75 Å². The van der Waals surface area contributed by atoms with E-state index in [1.807, 2.05) is 38.1 Å². The average molecular weight is 307 g/mol. The number of nitrogens with zero attached hydrogens (tertiary/aromatic N) is 1. The van der Waals surface area contributed by atoms with Crippen molar-refractivity contribution < 1.29 is 9.66 Å². The van der Waals surface area contributed by atoms with E-state index < -0.39 is 4.92 Å². The first-order valence-electron chi connectivity index (χ1n) is 7.34. The van der Waals surface area contributed by atoms with Crippen LogP contribution in [-0.4, -0.2) is 17.6 Å². The molecule has 0 aliphatic heterocycles. The van der Waals surface area contributed by atoms with Crippen molar-refractivity contribution in [2.75, 3.05) is 11.9 Å². The van der Waals surface area contributed by atoms with E-state index in [9.17, 15) is 10.1 Å². The fraction of sp³-hybridized carbons (Fsp3) is 0.500. The Labute approximate surface area is 131 Å². The van der Waals surface area contributed by atoms with Crippen molar-refractivity contribution in [2.45, 2.75) is 40.7 Å². The lowest BCUT2D eigenvalue weighted by molar-refractivity contribution is -0.403. The van der Waals surface area contributed by atoms with Crippen LogP contribution in [0.3, 0.4) is 0 Å². The third-order valence-electron chi connectivity index (χ3n) is 3.36. The summed E-state index contributed by atoms with van der Waals surface area (Å²) in [7, 11) is 0. The first kappa shape index (κ1) is 17.8. The molecule has 0 bridgehead atoms. The summed E-state index contributed by atoms with van der Waals surface area (Å²) in [6, 6.07) is 7.40. The lowest BCUT2D eigenvalue weighted by Crippen LogP contribution is -2.39. The van der Waals surface area contributed by atoms with Gasteiger partial charge in [-0.05, 0) is 31.4 Å². The van der Waals surface area contributed by atoms with E-state index in [1.165, 1.54) is 0 Å². The smallest absolute Gasteiger partial charge is 0.274 e. The van der Waals surface area contributed by atoms with E-state index in [1.54, 1.807) is 0 Å². The molecule has 0 heterocycles. The highest BCUT2D eigenvalue weighted by atomic mass is 16.6. The van der Waals surface area contributed by atoms with Gasteiger partial charge in [0.25, 0.3) is 6.20 Å². The number of hydrogen-bond donors (Lipinski definition) is 2. The van der Waals surface area contributed by atoms with Crippen molar-refractivity contribution in [2.24, 2.45) is 5.41 Å². The fourth-order valence-electron chi connectivity index (χ4n) is 1.66. The quantitative estimate of drug-likeness (QED) is 0.594. The summed E-state index contributed by atoms with van der Waals surface area (Å²) in [5.74, 6) is 0.990. The van der Waals surface area contributed by atoms with Crippen LogP contribution in [0.1, 0.15) is 34.6 Å². The van der Waals surface area contributed by atoms with Crippen LogP contribution in [0, 0.1) is 15.5 Å². The zero-order chi connectivity index (χ0) is 16.8. The Balaban J connectivity index is 2.98. The van der Waals surface area contributed by atoms with Gasteiger partial charge < -0.3 is 15.4 Å². The molecule has 6 nitrogen and oxygen atoms in total. The van der Waals surface area contributed by atoms with Gasteiger partial charge in [0.05, 0.1) is 17.2 Å². The number of rotatable bonds is 7. The van der Waals surface area contributed by atoms with E-state index in [-0.39, 0.29) is 11.5 Å². The van der Waals surface area contributed by atoms with E-state index in [4.69, 9.17) is 4.74 Å². The normalized spacial score (nSPS) is 13.4. The second kappa shape index (κ2) is 7.68. The largest absolute Gasteiger partial charge is 0.492 e. The maximum atomic E-state index is 10.9. The SMILES string of the molecule is CCOc1ccccc1N/C(=C/[N+](=O)[O-])N[C@H](C)C(C)(C)C. The van der Waals surface area contributed by atoms with Gasteiger partial charge >= 0.3 is 0 Å². The van der Waals surface area contributed by atoms with Crippen LogP contribution >= 0.6 is 0 Å². The Morgan fingerprint density at radius 1 is 1.41 bits per heavy atom. The summed E-state index contributed by atoms with van der Waals surface area (Å²) in [5.41, 5.74) is 0.655. The Morgan fingerprint density at radius 2 is 2.05 bits per heavy atom. The second-order valence-corrected chi connectivity index (χ2v) is 6.11. The molecule has 0 radical (unpaired) electrons. The summed E-state index contributed by atoms with van der Waals surface area (Å²) in [5, 5.41) is 17.1. The van der Waals surface area contributed by atoms with Gasteiger partial charge in [-0.3, -0.25) is 10.1 Å². The summed E-state index contributed by atoms with van der Waals surface area (Å²) < 4.78 is 5.53. The number of ether oxygens (including phenoxy) is 1. The maximum Gasteiger partial charge on any atom is 0.274 e. The minimum Gasteiger partial charge on any atom is -0.492 e. The van der Waals surface area contributed by atoms with Crippen LogP contribution in [0.15, 0.2) is 36.3 Å². The molecule has 1 aromatic rings. The molecule has 0 spiro atoms. The molecule has 0 aliphatic carbocycles. The lowest BCUT2D eigenvalue weighted by Gasteiger charge is -2.29. The zero-order valence-electron chi connectivity index (χ0n) is 13.8. The van der Waals surface area contributed by atoms with Crippen LogP contribution in [0.5, 0.6) is 5.75 Å². The van der Waals surface area contributed by atoms with Gasteiger partial charge in [-0.1, -0.05) is 32.9 Å². The van der Waals surface area contributed by atoms with Gasteiger partial charge in [0.1, 0.15) is 5.75 Å². The highest BCUT2D eigenvalue weighted by Crippen LogP contribution is 2.26. The molecule has 0 amide bonds. The summed E-state index contributed by atoms with van der Waals surface area (Å²) >= 11 is 0. The molecule has 2 N–H and O–H groups in total. The highest BCUT2D eigenvalue weighted by molar-refractivity contribution is 5.59. The summed E-state index contributed by atoms with van der Waals surface area (Å²) in [4.78, 5) is 10.4. The van der Waals surface area contributed by atoms with E-state index >= 15 is 0 Å². The predicted molar refractivity (Wildman–Crippen MR) is 88.4 cm³/mol. The van der Waals surface area contributed by atoms with Crippen molar-refractivity contribution in [3.05, 3.63) is 46.4 Å². The van der Waals surface area contributed by atoms with Crippen LogP contribution in [0.25, 0.3) is 0 Å². The summed E-state index contributed by atoms with van der Waals surface area (Å²) in [6.45, 7) is 10.6. The molecule has 1 atom stereocenters. The van der Waals surface area contributed by atoms with Gasteiger partial charge in [0.2, 0.25) is 0 Å². The topological polar surface area (TPSA) is 76.4 Å². The highest BCUT2D eigenvalue weighted by Gasteiger charge is 2.21. The van der Waals surface area contributed by atoms with Crippen LogP contribution in [0.4, 0.5) is 5.69 Å². The molecule has 0 aromatic heterocycles. The zero-order valence-corrected chi connectivity index (χ0v) is 13.8. The van der Waals surface area contributed by atoms with Crippen LogP contribution in [-0.2, 0) is 0 Å². The molecule has 0 fully saturated rings. The number of nitro groups is 1. The monoisotopic (exact) mass is 307 g/mol. The van der Waals surface area contributed by atoms with Crippen LogP contribution in [0.2, 0.25) is 0 Å². The number of nitrogens with one attached hydrogen (secondary N) is 2. The van der Waals surface area contributed by atoms with Gasteiger partial charge in [-0.15, -0.1) is 0 Å². The third kappa shape index (κ3) is 5.63. The van der Waals surface area contributed by atoms with E-state index in [0.29, 0.717) is 23.9 Å². The first-order chi connectivity index (χ1) is 10.2. The molecule has 122 valence electrons. The Morgan fingerprint density at radius 3 is 2.59 bits per heavy atom. The van der Waals surface area contributed by atoms with Gasteiger partial charge in [-0.25, -0.2) is 0 Å². The molecule has 6 heteroatoms. The van der Waals surface area contributed by atoms with Gasteiger partial charge in [0, 0.05) is 6.04 Å². The van der Waals surface area contributed by atoms with Crippen molar-refractivity contribution in [3.63, 3.8) is 0 Å². The molecule has 1 aromatic carbocycles. The van der Waals surface area contributed by atoms with E-state index in [0.717, 1.165) is 6.20 Å². The minimum absolute atomic E-state index is 0.0309. The standard InChI is InChI=1S/C16H25N3O3/c1-6-22-14-10-8-7-9-13(14)18-15(11-19(20)21)17-12(2)16(3,4)5/h7-12,17-18H,6H2,1-5H3/b15-11+/t12-/m1/s1. The molecular formula is C16H25N3O3. The molecule has 1 rings (SSSR count). The Kier molecular flexibility index (Phi) is 6.22. The van der Waals surface area contributed by atoms with Crippen molar-refractivity contribution in [1.29, 1.82) is 0 Å². The Bertz CT molecular complexity index is 536. The number of anilines is 1. The molecule has 22 heavy (non-hydrogen) atoms. The minimum atomic E-state index is -0.478. The first-order valence-corrected chi connectivity index (χ1v) is 7.34. The number of hydrogen-bond acceptors (Lipinski definition) is 5. The second-order valence-electron chi connectivity index (χ2n) is 6.11. The molecule has 0 saturated carbocycles. The summed E-state index contributed by atoms with van der Waals surface area (Å²) in [6.07, 6.45) is 0.935. The molecule has 0 aliphatic rings. The number of para-hydroxylation sites is 2.